The van der Waals surface area contributed by atoms with E-state index >= 15 is 0 Å². The molecular weight excluding hydrogens is 157 g/mol. The third-order valence-electron chi connectivity index (χ3n) is 1.22. The zero-order valence-electron chi connectivity index (χ0n) is 6.48. The summed E-state index contributed by atoms with van der Waals surface area (Å²) in [4.78, 5) is 0.185. The van der Waals surface area contributed by atoms with Crippen molar-refractivity contribution in [3.05, 3.63) is 5.21 Å². The van der Waals surface area contributed by atoms with Gasteiger partial charge in [0.1, 0.15) is 0 Å². The van der Waals surface area contributed by atoms with Crippen LogP contribution in [0.25, 0.3) is 0 Å². The average Bonchev–Trinajstić information content (AvgIpc) is 1.88. The molecule has 0 aliphatic rings. The molecule has 0 rings (SSSR count). The van der Waals surface area contributed by atoms with E-state index in [0.717, 1.165) is 0 Å². The van der Waals surface area contributed by atoms with Crippen LogP contribution in [0.5, 0.6) is 0 Å². The van der Waals surface area contributed by atoms with Crippen LogP contribution < -0.4 is 0 Å². The Bertz CT molecular complexity index is 129. The summed E-state index contributed by atoms with van der Waals surface area (Å²) in [7, 11) is 0. The Labute approximate surface area is 88.5 Å². The number of hydrazine groups is 1. The van der Waals surface area contributed by atoms with Gasteiger partial charge in [-0.2, -0.15) is 0 Å². The zero-order valence-corrected chi connectivity index (χ0v) is 6.48. The Morgan fingerprint density at radius 2 is 2.09 bits per heavy atom. The number of nitrogens with zero attached hydrogens (tertiary/aromatic N) is 3. The fourth-order valence-corrected chi connectivity index (χ4v) is 0.735. The predicted octanol–water partition coefficient (Wildman–Crippen LogP) is 0.335. The van der Waals surface area contributed by atoms with Gasteiger partial charge in [-0.05, 0) is 20.8 Å². The van der Waals surface area contributed by atoms with Crippen molar-refractivity contribution in [3.63, 3.8) is 0 Å². The Kier molecular flexibility index (Phi) is 8.26. The molecule has 0 aliphatic heterocycles. The molecule has 62 valence electrons. The first kappa shape index (κ1) is 13.6. The molecule has 0 saturated heterocycles. The summed E-state index contributed by atoms with van der Waals surface area (Å²) in [5.74, 6) is 0. The molecule has 0 bridgehead atoms. The zero-order chi connectivity index (χ0) is 8.15. The minimum atomic E-state index is 0. The summed E-state index contributed by atoms with van der Waals surface area (Å²) in [6.45, 7) is 6.04. The molecule has 0 spiro atoms. The van der Waals surface area contributed by atoms with Gasteiger partial charge in [-0.3, -0.25) is 0 Å². The molecule has 0 saturated carbocycles. The van der Waals surface area contributed by atoms with E-state index in [1.807, 2.05) is 20.8 Å². The van der Waals surface area contributed by atoms with Gasteiger partial charge in [0.25, 0.3) is 0 Å². The summed E-state index contributed by atoms with van der Waals surface area (Å²) in [5, 5.41) is 22.6. The molecule has 11 heavy (non-hydrogen) atoms. The first-order valence-electron chi connectivity index (χ1n) is 3.22. The maximum absolute atomic E-state index is 10.6. The summed E-state index contributed by atoms with van der Waals surface area (Å²) >= 11 is 0. The SMILES string of the molecule is CCN(C(C)C)[N+]([O-])=NO.[NaH]. The Hall–Kier alpha value is 0. The van der Waals surface area contributed by atoms with Crippen molar-refractivity contribution in [2.45, 2.75) is 26.8 Å². The molecule has 0 atom stereocenters. The summed E-state index contributed by atoms with van der Waals surface area (Å²) in [6.07, 6.45) is 0. The minimum absolute atomic E-state index is 0. The summed E-state index contributed by atoms with van der Waals surface area (Å²) in [6, 6.07) is 0.0541. The Morgan fingerprint density at radius 1 is 1.64 bits per heavy atom. The maximum atomic E-state index is 10.6. The molecule has 0 radical (unpaired) electrons. The van der Waals surface area contributed by atoms with E-state index in [2.05, 4.69) is 5.28 Å². The normalized spacial score (nSPS) is 11.1. The van der Waals surface area contributed by atoms with Crippen molar-refractivity contribution in [2.75, 3.05) is 6.54 Å². The standard InChI is InChI=1S/C5H13N3O2.Na.H/c1-4-7(5(2)3)8(10)6-9;;/h5,9H,4H2,1-3H3;;. The van der Waals surface area contributed by atoms with Crippen molar-refractivity contribution in [3.8, 4) is 0 Å². The van der Waals surface area contributed by atoms with Crippen LogP contribution in [0.2, 0.25) is 0 Å². The molecule has 0 unspecified atom stereocenters. The van der Waals surface area contributed by atoms with Crippen LogP contribution in [0.1, 0.15) is 20.8 Å². The van der Waals surface area contributed by atoms with E-state index in [1.54, 1.807) is 0 Å². The Morgan fingerprint density at radius 3 is 2.18 bits per heavy atom. The van der Waals surface area contributed by atoms with E-state index in [-0.39, 0.29) is 40.6 Å². The van der Waals surface area contributed by atoms with E-state index in [0.29, 0.717) is 6.54 Å². The third-order valence-corrected chi connectivity index (χ3v) is 1.22. The van der Waals surface area contributed by atoms with E-state index in [4.69, 9.17) is 5.21 Å². The Balaban J connectivity index is 0. The van der Waals surface area contributed by atoms with E-state index < -0.39 is 0 Å². The number of rotatable bonds is 3. The molecule has 0 fully saturated rings. The molecule has 0 aromatic carbocycles. The summed E-state index contributed by atoms with van der Waals surface area (Å²) in [5.41, 5.74) is 0. The molecule has 0 amide bonds. The topological polar surface area (TPSA) is 61.9 Å². The van der Waals surface area contributed by atoms with Crippen LogP contribution in [-0.2, 0) is 0 Å². The second-order valence-corrected chi connectivity index (χ2v) is 2.19. The van der Waals surface area contributed by atoms with Crippen LogP contribution in [0.3, 0.4) is 0 Å². The molecular formula is C5H14N3NaO2. The second-order valence-electron chi connectivity index (χ2n) is 2.19. The van der Waals surface area contributed by atoms with Crippen molar-refractivity contribution < 1.29 is 10.2 Å². The van der Waals surface area contributed by atoms with Gasteiger partial charge in [0, 0.05) is 0 Å². The first-order valence-corrected chi connectivity index (χ1v) is 3.22. The van der Waals surface area contributed by atoms with Gasteiger partial charge in [-0.1, -0.05) is 0 Å². The van der Waals surface area contributed by atoms with Crippen LogP contribution in [0.4, 0.5) is 0 Å². The van der Waals surface area contributed by atoms with Crippen molar-refractivity contribution in [2.24, 2.45) is 5.28 Å². The molecule has 0 heterocycles. The number of hydrogen-bond donors (Lipinski definition) is 1. The average molecular weight is 171 g/mol. The third kappa shape index (κ3) is 4.44. The fraction of sp³-hybridized carbons (Fsp3) is 1.00. The quantitative estimate of drug-likeness (QED) is 0.288. The van der Waals surface area contributed by atoms with Crippen LogP contribution in [0.15, 0.2) is 5.28 Å². The van der Waals surface area contributed by atoms with Crippen LogP contribution >= 0.6 is 0 Å². The van der Waals surface area contributed by atoms with Crippen molar-refractivity contribution >= 4 is 29.6 Å². The van der Waals surface area contributed by atoms with Gasteiger partial charge in [0.2, 0.25) is 5.28 Å². The van der Waals surface area contributed by atoms with Crippen molar-refractivity contribution in [1.82, 2.24) is 5.01 Å². The molecule has 1 N–H and O–H groups in total. The monoisotopic (exact) mass is 171 g/mol. The van der Waals surface area contributed by atoms with Gasteiger partial charge in [0.05, 0.1) is 17.6 Å². The molecule has 0 aromatic rings. The van der Waals surface area contributed by atoms with Crippen molar-refractivity contribution in [1.29, 1.82) is 0 Å². The van der Waals surface area contributed by atoms with Crippen LogP contribution in [-0.4, -0.2) is 57.3 Å². The molecule has 0 aliphatic carbocycles. The van der Waals surface area contributed by atoms with Gasteiger partial charge >= 0.3 is 29.6 Å². The van der Waals surface area contributed by atoms with Gasteiger partial charge in [-0.25, -0.2) is 0 Å². The van der Waals surface area contributed by atoms with Gasteiger partial charge < -0.3 is 10.4 Å². The van der Waals surface area contributed by atoms with E-state index in [9.17, 15) is 5.21 Å². The van der Waals surface area contributed by atoms with Gasteiger partial charge in [0.15, 0.2) is 0 Å². The molecule has 6 heteroatoms. The van der Waals surface area contributed by atoms with Gasteiger partial charge in [-0.15, -0.1) is 5.01 Å². The predicted molar refractivity (Wildman–Crippen MR) is 42.5 cm³/mol. The second kappa shape index (κ2) is 6.69. The van der Waals surface area contributed by atoms with E-state index in [1.165, 1.54) is 5.01 Å². The van der Waals surface area contributed by atoms with Crippen LogP contribution in [0, 0.1) is 5.21 Å². The fourth-order valence-electron chi connectivity index (χ4n) is 0.735. The molecule has 5 nitrogen and oxygen atoms in total. The summed E-state index contributed by atoms with van der Waals surface area (Å²) < 4.78 is 0. The molecule has 0 aromatic heterocycles. The number of hydrogen-bond acceptors (Lipinski definition) is 2. The first-order chi connectivity index (χ1) is 4.63.